The van der Waals surface area contributed by atoms with Gasteiger partial charge in [-0.05, 0) is 19.9 Å². The maximum atomic E-state index is 10.5. The molecule has 0 aliphatic heterocycles. The third-order valence-electron chi connectivity index (χ3n) is 2.14. The number of non-ortho nitro benzene ring substituents is 1. The van der Waals surface area contributed by atoms with Gasteiger partial charge in [-0.3, -0.25) is 10.1 Å². The van der Waals surface area contributed by atoms with E-state index in [0.717, 1.165) is 0 Å². The monoisotopic (exact) mass is 258 g/mol. The highest BCUT2D eigenvalue weighted by molar-refractivity contribution is 6.33. The first-order valence-electron chi connectivity index (χ1n) is 5.32. The Morgan fingerprint density at radius 1 is 1.59 bits per heavy atom. The van der Waals surface area contributed by atoms with Gasteiger partial charge in [0.25, 0.3) is 5.69 Å². The number of ether oxygens (including phenoxy) is 1. The fourth-order valence-corrected chi connectivity index (χ4v) is 1.57. The number of hydrogen-bond acceptors (Lipinski definition) is 4. The highest BCUT2D eigenvalue weighted by atomic mass is 35.5. The van der Waals surface area contributed by atoms with Crippen molar-refractivity contribution in [2.75, 3.05) is 18.5 Å². The number of nitro groups is 1. The fraction of sp³-hybridized carbons (Fsp3) is 0.455. The highest BCUT2D eigenvalue weighted by Crippen LogP contribution is 2.27. The number of nitro benzene ring substituents is 1. The normalized spacial score (nSPS) is 12.2. The van der Waals surface area contributed by atoms with Gasteiger partial charge in [0.2, 0.25) is 0 Å². The van der Waals surface area contributed by atoms with Crippen LogP contribution in [0, 0.1) is 10.1 Å². The second-order valence-electron chi connectivity index (χ2n) is 3.63. The summed E-state index contributed by atoms with van der Waals surface area (Å²) >= 11 is 5.94. The van der Waals surface area contributed by atoms with Crippen LogP contribution in [0.25, 0.3) is 0 Å². The minimum Gasteiger partial charge on any atom is -0.380 e. The summed E-state index contributed by atoms with van der Waals surface area (Å²) < 4.78 is 5.26. The van der Waals surface area contributed by atoms with E-state index >= 15 is 0 Å². The molecule has 1 aromatic rings. The molecule has 1 atom stereocenters. The molecule has 0 saturated carbocycles. The zero-order chi connectivity index (χ0) is 12.8. The standard InChI is InChI=1S/C11H15ClN2O3/c1-3-17-7-8(2)13-11-5-4-9(14(15)16)6-10(11)12/h4-6,8,13H,3,7H2,1-2H3. The Kier molecular flexibility index (Phi) is 5.18. The molecule has 1 unspecified atom stereocenters. The van der Waals surface area contributed by atoms with Crippen LogP contribution in [0.15, 0.2) is 18.2 Å². The highest BCUT2D eigenvalue weighted by Gasteiger charge is 2.10. The summed E-state index contributed by atoms with van der Waals surface area (Å²) in [5.41, 5.74) is 0.655. The quantitative estimate of drug-likeness (QED) is 0.629. The van der Waals surface area contributed by atoms with E-state index in [0.29, 0.717) is 23.9 Å². The van der Waals surface area contributed by atoms with Gasteiger partial charge in [-0.25, -0.2) is 0 Å². The Hall–Kier alpha value is -1.33. The van der Waals surface area contributed by atoms with Crippen LogP contribution >= 0.6 is 11.6 Å². The molecule has 1 aromatic carbocycles. The smallest absolute Gasteiger partial charge is 0.271 e. The summed E-state index contributed by atoms with van der Waals surface area (Å²) in [5, 5.41) is 14.0. The molecule has 0 fully saturated rings. The van der Waals surface area contributed by atoms with Crippen molar-refractivity contribution in [1.29, 1.82) is 0 Å². The minimum absolute atomic E-state index is 0.0157. The summed E-state index contributed by atoms with van der Waals surface area (Å²) in [4.78, 5) is 10.1. The van der Waals surface area contributed by atoms with Gasteiger partial charge in [-0.1, -0.05) is 11.6 Å². The van der Waals surface area contributed by atoms with E-state index in [9.17, 15) is 10.1 Å². The number of benzene rings is 1. The van der Waals surface area contributed by atoms with Crippen molar-refractivity contribution in [3.63, 3.8) is 0 Å². The second-order valence-corrected chi connectivity index (χ2v) is 4.03. The number of nitrogens with one attached hydrogen (secondary N) is 1. The SMILES string of the molecule is CCOCC(C)Nc1ccc([N+](=O)[O-])cc1Cl. The lowest BCUT2D eigenvalue weighted by Crippen LogP contribution is -2.21. The summed E-state index contributed by atoms with van der Waals surface area (Å²) in [6, 6.07) is 4.44. The first-order chi connectivity index (χ1) is 8.04. The molecule has 94 valence electrons. The van der Waals surface area contributed by atoms with Crippen LogP contribution in [-0.2, 0) is 4.74 Å². The van der Waals surface area contributed by atoms with Gasteiger partial charge in [-0.2, -0.15) is 0 Å². The Balaban J connectivity index is 2.69. The molecule has 0 saturated heterocycles. The molecule has 0 amide bonds. The summed E-state index contributed by atoms with van der Waals surface area (Å²) in [5.74, 6) is 0. The number of nitrogens with zero attached hydrogens (tertiary/aromatic N) is 1. The molecular formula is C11H15ClN2O3. The lowest BCUT2D eigenvalue weighted by molar-refractivity contribution is -0.384. The lowest BCUT2D eigenvalue weighted by atomic mass is 10.2. The molecule has 1 N–H and O–H groups in total. The van der Waals surface area contributed by atoms with E-state index in [2.05, 4.69) is 5.32 Å². The number of rotatable bonds is 6. The van der Waals surface area contributed by atoms with Crippen molar-refractivity contribution in [1.82, 2.24) is 0 Å². The molecule has 0 aliphatic carbocycles. The maximum absolute atomic E-state index is 10.5. The average Bonchev–Trinajstić information content (AvgIpc) is 2.28. The average molecular weight is 259 g/mol. The van der Waals surface area contributed by atoms with E-state index in [4.69, 9.17) is 16.3 Å². The zero-order valence-corrected chi connectivity index (χ0v) is 10.5. The molecule has 0 bridgehead atoms. The van der Waals surface area contributed by atoms with Crippen molar-refractivity contribution in [2.24, 2.45) is 0 Å². The zero-order valence-electron chi connectivity index (χ0n) is 9.77. The van der Waals surface area contributed by atoms with Crippen molar-refractivity contribution >= 4 is 23.0 Å². The van der Waals surface area contributed by atoms with Crippen molar-refractivity contribution in [3.8, 4) is 0 Å². The predicted molar refractivity (Wildman–Crippen MR) is 67.7 cm³/mol. The molecular weight excluding hydrogens is 244 g/mol. The molecule has 6 heteroatoms. The van der Waals surface area contributed by atoms with Crippen LogP contribution < -0.4 is 5.32 Å². The van der Waals surface area contributed by atoms with Gasteiger partial charge in [-0.15, -0.1) is 0 Å². The Labute approximate surface area is 105 Å². The van der Waals surface area contributed by atoms with E-state index < -0.39 is 4.92 Å². The summed E-state index contributed by atoms with van der Waals surface area (Å²) in [7, 11) is 0. The van der Waals surface area contributed by atoms with E-state index in [1.165, 1.54) is 12.1 Å². The topological polar surface area (TPSA) is 64.4 Å². The van der Waals surface area contributed by atoms with Gasteiger partial charge < -0.3 is 10.1 Å². The van der Waals surface area contributed by atoms with Gasteiger partial charge in [0.1, 0.15) is 0 Å². The lowest BCUT2D eigenvalue weighted by Gasteiger charge is -2.15. The molecule has 0 heterocycles. The van der Waals surface area contributed by atoms with Gasteiger partial charge in [0, 0.05) is 24.8 Å². The molecule has 0 spiro atoms. The van der Waals surface area contributed by atoms with E-state index in [-0.39, 0.29) is 11.7 Å². The molecule has 1 rings (SSSR count). The van der Waals surface area contributed by atoms with Crippen LogP contribution in [0.2, 0.25) is 5.02 Å². The molecule has 5 nitrogen and oxygen atoms in total. The number of halogens is 1. The minimum atomic E-state index is -0.473. The van der Waals surface area contributed by atoms with Gasteiger partial charge >= 0.3 is 0 Å². The summed E-state index contributed by atoms with van der Waals surface area (Å²) in [6.45, 7) is 5.09. The van der Waals surface area contributed by atoms with Gasteiger partial charge in [0.15, 0.2) is 0 Å². The molecule has 17 heavy (non-hydrogen) atoms. The number of anilines is 1. The van der Waals surface area contributed by atoms with Crippen molar-refractivity contribution in [3.05, 3.63) is 33.3 Å². The first kappa shape index (κ1) is 13.7. The first-order valence-corrected chi connectivity index (χ1v) is 5.70. The van der Waals surface area contributed by atoms with Crippen molar-refractivity contribution in [2.45, 2.75) is 19.9 Å². The summed E-state index contributed by atoms with van der Waals surface area (Å²) in [6.07, 6.45) is 0. The Morgan fingerprint density at radius 3 is 2.82 bits per heavy atom. The fourth-order valence-electron chi connectivity index (χ4n) is 1.34. The Morgan fingerprint density at radius 2 is 2.29 bits per heavy atom. The predicted octanol–water partition coefficient (Wildman–Crippen LogP) is 3.09. The van der Waals surface area contributed by atoms with Crippen LogP contribution in [0.5, 0.6) is 0 Å². The van der Waals surface area contributed by atoms with E-state index in [1.807, 2.05) is 13.8 Å². The van der Waals surface area contributed by atoms with Crippen LogP contribution in [0.3, 0.4) is 0 Å². The molecule has 0 aromatic heterocycles. The second kappa shape index (κ2) is 6.42. The third kappa shape index (κ3) is 4.20. The van der Waals surface area contributed by atoms with Gasteiger partial charge in [0.05, 0.1) is 22.2 Å². The van der Waals surface area contributed by atoms with Crippen LogP contribution in [0.1, 0.15) is 13.8 Å². The Bertz CT molecular complexity index is 398. The number of hydrogen-bond donors (Lipinski definition) is 1. The largest absolute Gasteiger partial charge is 0.380 e. The maximum Gasteiger partial charge on any atom is 0.271 e. The van der Waals surface area contributed by atoms with Crippen LogP contribution in [0.4, 0.5) is 11.4 Å². The van der Waals surface area contributed by atoms with Crippen LogP contribution in [-0.4, -0.2) is 24.2 Å². The molecule has 0 aliphatic rings. The third-order valence-corrected chi connectivity index (χ3v) is 2.45. The molecule has 0 radical (unpaired) electrons. The van der Waals surface area contributed by atoms with Crippen molar-refractivity contribution < 1.29 is 9.66 Å². The van der Waals surface area contributed by atoms with E-state index in [1.54, 1.807) is 6.07 Å².